The lowest BCUT2D eigenvalue weighted by Gasteiger charge is -2.08. The van der Waals surface area contributed by atoms with Crippen LogP contribution in [0.1, 0.15) is 18.3 Å². The number of ether oxygens (including phenoxy) is 1. The lowest BCUT2D eigenvalue weighted by molar-refractivity contribution is 0.291. The van der Waals surface area contributed by atoms with Gasteiger partial charge in [-0.15, -0.1) is 0 Å². The van der Waals surface area contributed by atoms with Crippen LogP contribution in [0.3, 0.4) is 0 Å². The molecule has 21 heavy (non-hydrogen) atoms. The number of nitrogen functional groups attached to an aromatic ring is 1. The molecule has 0 radical (unpaired) electrons. The second kappa shape index (κ2) is 5.48. The van der Waals surface area contributed by atoms with E-state index >= 15 is 0 Å². The van der Waals surface area contributed by atoms with Crippen molar-refractivity contribution in [2.24, 2.45) is 0 Å². The van der Waals surface area contributed by atoms with E-state index in [1.54, 1.807) is 0 Å². The van der Waals surface area contributed by atoms with Crippen LogP contribution in [0.2, 0.25) is 0 Å². The summed E-state index contributed by atoms with van der Waals surface area (Å²) in [4.78, 5) is 4.69. The molecule has 0 saturated heterocycles. The molecule has 2 aromatic carbocycles. The number of imidazole rings is 1. The molecule has 0 aliphatic carbocycles. The summed E-state index contributed by atoms with van der Waals surface area (Å²) in [6, 6.07) is 13.8. The third-order valence-corrected chi connectivity index (χ3v) is 3.55. The first kappa shape index (κ1) is 13.5. The molecular formula is C17H19N3O. The van der Waals surface area contributed by atoms with Gasteiger partial charge in [0, 0.05) is 12.2 Å². The minimum Gasteiger partial charge on any atom is -0.486 e. The van der Waals surface area contributed by atoms with Crippen molar-refractivity contribution < 1.29 is 4.74 Å². The number of rotatable bonds is 4. The molecule has 2 N–H and O–H groups in total. The van der Waals surface area contributed by atoms with Crippen molar-refractivity contribution >= 4 is 16.7 Å². The summed E-state index contributed by atoms with van der Waals surface area (Å²) in [5, 5.41) is 0. The number of benzene rings is 2. The summed E-state index contributed by atoms with van der Waals surface area (Å²) in [5.74, 6) is 1.74. The van der Waals surface area contributed by atoms with Gasteiger partial charge in [0.2, 0.25) is 0 Å². The molecule has 0 atom stereocenters. The van der Waals surface area contributed by atoms with E-state index in [9.17, 15) is 0 Å². The van der Waals surface area contributed by atoms with E-state index in [2.05, 4.69) is 36.6 Å². The number of hydrogen-bond acceptors (Lipinski definition) is 3. The van der Waals surface area contributed by atoms with E-state index in [0.717, 1.165) is 34.8 Å². The monoisotopic (exact) mass is 281 g/mol. The van der Waals surface area contributed by atoms with Crippen LogP contribution in [0.4, 0.5) is 5.69 Å². The van der Waals surface area contributed by atoms with Gasteiger partial charge in [-0.1, -0.05) is 6.07 Å². The number of aromatic nitrogens is 2. The molecule has 4 nitrogen and oxygen atoms in total. The van der Waals surface area contributed by atoms with Crippen LogP contribution in [0.5, 0.6) is 5.75 Å². The Morgan fingerprint density at radius 3 is 2.62 bits per heavy atom. The molecular weight excluding hydrogens is 262 g/mol. The lowest BCUT2D eigenvalue weighted by Crippen LogP contribution is -2.06. The molecule has 0 fully saturated rings. The highest BCUT2D eigenvalue weighted by Gasteiger charge is 2.10. The van der Waals surface area contributed by atoms with E-state index in [-0.39, 0.29) is 0 Å². The van der Waals surface area contributed by atoms with Crippen LogP contribution in [-0.2, 0) is 13.2 Å². The zero-order chi connectivity index (χ0) is 14.8. The fraction of sp³-hybridized carbons (Fsp3) is 0.235. The van der Waals surface area contributed by atoms with Crippen LogP contribution >= 0.6 is 0 Å². The van der Waals surface area contributed by atoms with Gasteiger partial charge in [0.15, 0.2) is 0 Å². The van der Waals surface area contributed by atoms with Crippen LogP contribution in [0.15, 0.2) is 42.5 Å². The molecule has 3 rings (SSSR count). The number of anilines is 1. The fourth-order valence-electron chi connectivity index (χ4n) is 2.46. The molecule has 0 aliphatic heterocycles. The topological polar surface area (TPSA) is 53.1 Å². The van der Waals surface area contributed by atoms with Gasteiger partial charge >= 0.3 is 0 Å². The van der Waals surface area contributed by atoms with E-state index in [1.807, 2.05) is 24.3 Å². The average molecular weight is 281 g/mol. The molecule has 1 heterocycles. The first-order valence-corrected chi connectivity index (χ1v) is 7.11. The zero-order valence-corrected chi connectivity index (χ0v) is 12.3. The first-order valence-electron chi connectivity index (χ1n) is 7.11. The van der Waals surface area contributed by atoms with Gasteiger partial charge in [-0.3, -0.25) is 0 Å². The van der Waals surface area contributed by atoms with Crippen molar-refractivity contribution in [3.63, 3.8) is 0 Å². The van der Waals surface area contributed by atoms with Gasteiger partial charge < -0.3 is 15.0 Å². The fourth-order valence-corrected chi connectivity index (χ4v) is 2.46. The number of aryl methyl sites for hydroxylation is 2. The van der Waals surface area contributed by atoms with E-state index < -0.39 is 0 Å². The second-order valence-electron chi connectivity index (χ2n) is 5.12. The van der Waals surface area contributed by atoms with Crippen LogP contribution in [0, 0.1) is 6.92 Å². The number of nitrogens with zero attached hydrogens (tertiary/aromatic N) is 2. The van der Waals surface area contributed by atoms with Crippen molar-refractivity contribution in [3.05, 3.63) is 53.9 Å². The van der Waals surface area contributed by atoms with Crippen LogP contribution in [-0.4, -0.2) is 9.55 Å². The highest BCUT2D eigenvalue weighted by Crippen LogP contribution is 2.20. The Bertz CT molecular complexity index is 760. The van der Waals surface area contributed by atoms with Gasteiger partial charge in [-0.05, 0) is 55.8 Å². The molecule has 0 aliphatic rings. The SMILES string of the molecule is CCn1c(COc2ccc(N)cc2)nc2cc(C)ccc21. The maximum absolute atomic E-state index is 5.81. The van der Waals surface area contributed by atoms with Crippen LogP contribution < -0.4 is 10.5 Å². The number of hydrogen-bond donors (Lipinski definition) is 1. The molecule has 0 bridgehead atoms. The lowest BCUT2D eigenvalue weighted by atomic mass is 10.2. The van der Waals surface area contributed by atoms with Gasteiger partial charge in [0.1, 0.15) is 18.2 Å². The second-order valence-corrected chi connectivity index (χ2v) is 5.12. The third-order valence-electron chi connectivity index (χ3n) is 3.55. The molecule has 3 aromatic rings. The van der Waals surface area contributed by atoms with E-state index in [1.165, 1.54) is 5.56 Å². The molecule has 108 valence electrons. The maximum Gasteiger partial charge on any atom is 0.147 e. The normalized spacial score (nSPS) is 11.0. The summed E-state index contributed by atoms with van der Waals surface area (Å²) in [6.45, 7) is 5.52. The van der Waals surface area contributed by atoms with Gasteiger partial charge in [0.25, 0.3) is 0 Å². The maximum atomic E-state index is 5.81. The highest BCUT2D eigenvalue weighted by molar-refractivity contribution is 5.76. The van der Waals surface area contributed by atoms with E-state index in [4.69, 9.17) is 15.5 Å². The van der Waals surface area contributed by atoms with Crippen molar-refractivity contribution in [3.8, 4) is 5.75 Å². The number of nitrogens with two attached hydrogens (primary N) is 1. The largest absolute Gasteiger partial charge is 0.486 e. The van der Waals surface area contributed by atoms with Crippen LogP contribution in [0.25, 0.3) is 11.0 Å². The van der Waals surface area contributed by atoms with Gasteiger partial charge in [-0.25, -0.2) is 4.98 Å². The predicted molar refractivity (Wildman–Crippen MR) is 85.3 cm³/mol. The van der Waals surface area contributed by atoms with Crippen molar-refractivity contribution in [2.45, 2.75) is 27.0 Å². The number of fused-ring (bicyclic) bond motifs is 1. The van der Waals surface area contributed by atoms with E-state index in [0.29, 0.717) is 6.61 Å². The van der Waals surface area contributed by atoms with Crippen molar-refractivity contribution in [2.75, 3.05) is 5.73 Å². The highest BCUT2D eigenvalue weighted by atomic mass is 16.5. The quantitative estimate of drug-likeness (QED) is 0.744. The smallest absolute Gasteiger partial charge is 0.147 e. The predicted octanol–water partition coefficient (Wildman–Crippen LogP) is 3.53. The summed E-state index contributed by atoms with van der Waals surface area (Å²) in [7, 11) is 0. The molecule has 4 heteroatoms. The summed E-state index contributed by atoms with van der Waals surface area (Å²) >= 11 is 0. The first-order chi connectivity index (χ1) is 10.2. The Hall–Kier alpha value is -2.49. The molecule has 0 spiro atoms. The molecule has 0 amide bonds. The van der Waals surface area contributed by atoms with Gasteiger partial charge in [0.05, 0.1) is 11.0 Å². The Morgan fingerprint density at radius 2 is 1.90 bits per heavy atom. The van der Waals surface area contributed by atoms with Crippen molar-refractivity contribution in [1.82, 2.24) is 9.55 Å². The Balaban J connectivity index is 1.87. The summed E-state index contributed by atoms with van der Waals surface area (Å²) in [6.07, 6.45) is 0. The minimum absolute atomic E-state index is 0.450. The zero-order valence-electron chi connectivity index (χ0n) is 12.3. The molecule has 1 aromatic heterocycles. The van der Waals surface area contributed by atoms with Crippen molar-refractivity contribution in [1.29, 1.82) is 0 Å². The average Bonchev–Trinajstić information content (AvgIpc) is 2.83. The molecule has 0 saturated carbocycles. The molecule has 0 unspecified atom stereocenters. The van der Waals surface area contributed by atoms with Gasteiger partial charge in [-0.2, -0.15) is 0 Å². The Morgan fingerprint density at radius 1 is 1.14 bits per heavy atom. The minimum atomic E-state index is 0.450. The third kappa shape index (κ3) is 2.70. The standard InChI is InChI=1S/C17H19N3O/c1-3-20-16-9-4-12(2)10-15(16)19-17(20)11-21-14-7-5-13(18)6-8-14/h4-10H,3,11,18H2,1-2H3. The Labute approximate surface area is 124 Å². The summed E-state index contributed by atoms with van der Waals surface area (Å²) < 4.78 is 8.00. The summed E-state index contributed by atoms with van der Waals surface area (Å²) in [5.41, 5.74) is 9.80. The Kier molecular flexibility index (Phi) is 3.52.